The highest BCUT2D eigenvalue weighted by atomic mass is 32.2. The first-order chi connectivity index (χ1) is 14.0. The summed E-state index contributed by atoms with van der Waals surface area (Å²) in [5.74, 6) is -0.938. The van der Waals surface area contributed by atoms with Gasteiger partial charge in [-0.25, -0.2) is 27.0 Å². The van der Waals surface area contributed by atoms with E-state index in [-0.39, 0.29) is 29.2 Å². The molecule has 0 spiro atoms. The Morgan fingerprint density at radius 3 is 1.80 bits per heavy atom. The largest absolute Gasteiger partial charge is 0.289 e. The SMILES string of the molecule is Cc1ccc(S(=O)(=O)NCCCC(NS(=O)(=O)c2ccc(C)cc2)C(=O)NO)cc1. The third-order valence-corrected chi connectivity index (χ3v) is 7.31. The minimum absolute atomic E-state index is 0.0162. The van der Waals surface area contributed by atoms with E-state index in [1.54, 1.807) is 24.3 Å². The molecule has 2 rings (SSSR count). The van der Waals surface area contributed by atoms with Gasteiger partial charge >= 0.3 is 0 Å². The molecule has 0 aliphatic heterocycles. The molecule has 0 saturated carbocycles. The fraction of sp³-hybridized carbons (Fsp3) is 0.316. The zero-order valence-corrected chi connectivity index (χ0v) is 18.3. The van der Waals surface area contributed by atoms with E-state index in [2.05, 4.69) is 9.44 Å². The molecule has 1 amide bonds. The van der Waals surface area contributed by atoms with Crippen LogP contribution in [0.5, 0.6) is 0 Å². The summed E-state index contributed by atoms with van der Waals surface area (Å²) in [5, 5.41) is 8.92. The highest BCUT2D eigenvalue weighted by molar-refractivity contribution is 7.89. The minimum Gasteiger partial charge on any atom is -0.289 e. The third-order valence-electron chi connectivity index (χ3n) is 4.35. The Morgan fingerprint density at radius 2 is 1.33 bits per heavy atom. The van der Waals surface area contributed by atoms with Gasteiger partial charge in [0.05, 0.1) is 9.79 Å². The fourth-order valence-corrected chi connectivity index (χ4v) is 4.91. The fourth-order valence-electron chi connectivity index (χ4n) is 2.61. The lowest BCUT2D eigenvalue weighted by Crippen LogP contribution is -2.46. The van der Waals surface area contributed by atoms with E-state index in [1.807, 2.05) is 13.8 Å². The number of carbonyl (C=O) groups is 1. The maximum absolute atomic E-state index is 12.5. The molecule has 0 aromatic heterocycles. The Bertz CT molecular complexity index is 1070. The van der Waals surface area contributed by atoms with Gasteiger partial charge in [-0.1, -0.05) is 35.4 Å². The highest BCUT2D eigenvalue weighted by Gasteiger charge is 2.25. The van der Waals surface area contributed by atoms with Gasteiger partial charge in [0, 0.05) is 6.54 Å². The highest BCUT2D eigenvalue weighted by Crippen LogP contribution is 2.13. The molecule has 0 heterocycles. The second kappa shape index (κ2) is 10.1. The summed E-state index contributed by atoms with van der Waals surface area (Å²) in [6, 6.07) is 11.1. The zero-order valence-electron chi connectivity index (χ0n) is 16.6. The van der Waals surface area contributed by atoms with E-state index in [4.69, 9.17) is 5.21 Å². The predicted molar refractivity (Wildman–Crippen MR) is 111 cm³/mol. The molecule has 0 fully saturated rings. The van der Waals surface area contributed by atoms with Gasteiger partial charge in [-0.2, -0.15) is 4.72 Å². The number of sulfonamides is 2. The van der Waals surface area contributed by atoms with Crippen LogP contribution in [0.15, 0.2) is 58.3 Å². The van der Waals surface area contributed by atoms with Crippen molar-refractivity contribution in [1.29, 1.82) is 0 Å². The summed E-state index contributed by atoms with van der Waals surface area (Å²) in [4.78, 5) is 12.0. The standard InChI is InChI=1S/C19H25N3O6S2/c1-14-5-9-16(10-6-14)29(25,26)20-13-3-4-18(19(23)21-24)22-30(27,28)17-11-7-15(2)8-12-17/h5-12,18,20,22,24H,3-4,13H2,1-2H3,(H,21,23). The van der Waals surface area contributed by atoms with Gasteiger partial charge in [-0.05, 0) is 51.0 Å². The number of hydrogen-bond donors (Lipinski definition) is 4. The molecule has 2 aromatic rings. The van der Waals surface area contributed by atoms with Crippen LogP contribution in [0, 0.1) is 13.8 Å². The summed E-state index contributed by atoms with van der Waals surface area (Å²) in [6.45, 7) is 3.63. The first-order valence-corrected chi connectivity index (χ1v) is 12.1. The molecule has 4 N–H and O–H groups in total. The molecule has 1 atom stereocenters. The van der Waals surface area contributed by atoms with Gasteiger partial charge in [0.25, 0.3) is 5.91 Å². The van der Waals surface area contributed by atoms with Gasteiger partial charge in [-0.3, -0.25) is 10.0 Å². The number of amides is 1. The Labute approximate surface area is 176 Å². The average molecular weight is 456 g/mol. The number of nitrogens with one attached hydrogen (secondary N) is 3. The molecule has 2 aromatic carbocycles. The van der Waals surface area contributed by atoms with Crippen molar-refractivity contribution < 1.29 is 26.8 Å². The topological polar surface area (TPSA) is 142 Å². The quantitative estimate of drug-likeness (QED) is 0.241. The first-order valence-electron chi connectivity index (χ1n) is 9.14. The van der Waals surface area contributed by atoms with Crippen LogP contribution < -0.4 is 14.9 Å². The van der Waals surface area contributed by atoms with Crippen LogP contribution in [0.25, 0.3) is 0 Å². The molecular weight excluding hydrogens is 430 g/mol. The Kier molecular flexibility index (Phi) is 8.10. The van der Waals surface area contributed by atoms with Crippen LogP contribution in [0.2, 0.25) is 0 Å². The van der Waals surface area contributed by atoms with Crippen molar-refractivity contribution in [1.82, 2.24) is 14.9 Å². The first kappa shape index (κ1) is 24.0. The number of rotatable bonds is 10. The third kappa shape index (κ3) is 6.61. The zero-order chi connectivity index (χ0) is 22.4. The van der Waals surface area contributed by atoms with E-state index < -0.39 is 32.0 Å². The number of hydrogen-bond acceptors (Lipinski definition) is 6. The van der Waals surface area contributed by atoms with Crippen LogP contribution in [0.4, 0.5) is 0 Å². The van der Waals surface area contributed by atoms with Gasteiger partial charge in [0.1, 0.15) is 6.04 Å². The summed E-state index contributed by atoms with van der Waals surface area (Å²) < 4.78 is 54.2. The van der Waals surface area contributed by atoms with Crippen LogP contribution >= 0.6 is 0 Å². The summed E-state index contributed by atoms with van der Waals surface area (Å²) >= 11 is 0. The monoisotopic (exact) mass is 455 g/mol. The maximum atomic E-state index is 12.5. The van der Waals surface area contributed by atoms with Crippen molar-refractivity contribution in [3.05, 3.63) is 59.7 Å². The van der Waals surface area contributed by atoms with E-state index >= 15 is 0 Å². The number of hydroxylamine groups is 1. The number of aryl methyl sites for hydroxylation is 2. The van der Waals surface area contributed by atoms with Crippen LogP contribution in [0.1, 0.15) is 24.0 Å². The molecule has 11 heteroatoms. The Morgan fingerprint density at radius 1 is 0.867 bits per heavy atom. The van der Waals surface area contributed by atoms with Gasteiger partial charge < -0.3 is 0 Å². The lowest BCUT2D eigenvalue weighted by atomic mass is 10.1. The van der Waals surface area contributed by atoms with Crippen molar-refractivity contribution in [2.45, 2.75) is 42.5 Å². The normalized spacial score (nSPS) is 13.0. The summed E-state index contributed by atoms with van der Waals surface area (Å²) in [5.41, 5.74) is 3.23. The number of carbonyl (C=O) groups excluding carboxylic acids is 1. The Balaban J connectivity index is 1.99. The maximum Gasteiger partial charge on any atom is 0.261 e. The molecule has 0 aliphatic carbocycles. The number of benzene rings is 2. The molecular formula is C19H25N3O6S2. The molecule has 0 bridgehead atoms. The van der Waals surface area contributed by atoms with Crippen molar-refractivity contribution in [2.75, 3.05) is 6.54 Å². The van der Waals surface area contributed by atoms with E-state index in [0.29, 0.717) is 0 Å². The van der Waals surface area contributed by atoms with Crippen molar-refractivity contribution in [2.24, 2.45) is 0 Å². The molecule has 30 heavy (non-hydrogen) atoms. The van der Waals surface area contributed by atoms with E-state index in [1.165, 1.54) is 29.7 Å². The van der Waals surface area contributed by atoms with Gasteiger partial charge in [-0.15, -0.1) is 0 Å². The molecule has 0 radical (unpaired) electrons. The summed E-state index contributed by atoms with van der Waals surface area (Å²) in [6.07, 6.45) is 0.119. The van der Waals surface area contributed by atoms with Crippen LogP contribution in [-0.2, 0) is 24.8 Å². The summed E-state index contributed by atoms with van der Waals surface area (Å²) in [7, 11) is -7.73. The predicted octanol–water partition coefficient (Wildman–Crippen LogP) is 1.21. The average Bonchev–Trinajstić information content (AvgIpc) is 2.70. The molecule has 0 saturated heterocycles. The minimum atomic E-state index is -4.00. The van der Waals surface area contributed by atoms with Gasteiger partial charge in [0.2, 0.25) is 20.0 Å². The van der Waals surface area contributed by atoms with Crippen LogP contribution in [-0.4, -0.2) is 40.5 Å². The molecule has 9 nitrogen and oxygen atoms in total. The van der Waals surface area contributed by atoms with Crippen molar-refractivity contribution in [3.8, 4) is 0 Å². The van der Waals surface area contributed by atoms with Crippen molar-refractivity contribution >= 4 is 26.0 Å². The Hall–Kier alpha value is -2.31. The lowest BCUT2D eigenvalue weighted by Gasteiger charge is -2.17. The lowest BCUT2D eigenvalue weighted by molar-refractivity contribution is -0.131. The molecule has 0 aliphatic rings. The molecule has 164 valence electrons. The van der Waals surface area contributed by atoms with E-state index in [9.17, 15) is 21.6 Å². The molecule has 1 unspecified atom stereocenters. The van der Waals surface area contributed by atoms with Gasteiger partial charge in [0.15, 0.2) is 0 Å². The second-order valence-corrected chi connectivity index (χ2v) is 10.3. The second-order valence-electron chi connectivity index (χ2n) is 6.82. The van der Waals surface area contributed by atoms with Crippen LogP contribution in [0.3, 0.4) is 0 Å². The van der Waals surface area contributed by atoms with Crippen molar-refractivity contribution in [3.63, 3.8) is 0 Å². The smallest absolute Gasteiger partial charge is 0.261 e. The van der Waals surface area contributed by atoms with E-state index in [0.717, 1.165) is 11.1 Å².